The minimum absolute atomic E-state index is 0.855. The van der Waals surface area contributed by atoms with Gasteiger partial charge in [0.15, 0.2) is 0 Å². The number of nitrogens with zero attached hydrogens (tertiary/aromatic N) is 1. The summed E-state index contributed by atoms with van der Waals surface area (Å²) in [4.78, 5) is 3.83. The molecule has 0 fully saturated rings. The fraction of sp³-hybridized carbons (Fsp3) is 0.125. The van der Waals surface area contributed by atoms with E-state index < -0.39 is 0 Å². The molecule has 1 radical (unpaired) electrons. The summed E-state index contributed by atoms with van der Waals surface area (Å²) in [5, 5.41) is 0. The van der Waals surface area contributed by atoms with Crippen molar-refractivity contribution in [1.82, 2.24) is 4.98 Å². The van der Waals surface area contributed by atoms with E-state index in [9.17, 15) is 0 Å². The molecule has 0 saturated carbocycles. The van der Waals surface area contributed by atoms with Crippen molar-refractivity contribution in [3.63, 3.8) is 0 Å². The molecule has 1 heteroatoms. The summed E-state index contributed by atoms with van der Waals surface area (Å²) in [6, 6.07) is 3.88. The van der Waals surface area contributed by atoms with Crippen molar-refractivity contribution >= 4 is 0 Å². The molecule has 9 heavy (non-hydrogen) atoms. The maximum Gasteiger partial charge on any atom is 0.0924 e. The van der Waals surface area contributed by atoms with E-state index in [1.54, 1.807) is 6.20 Å². The van der Waals surface area contributed by atoms with Crippen LogP contribution in [0, 0.1) is 6.20 Å². The van der Waals surface area contributed by atoms with Crippen molar-refractivity contribution in [3.8, 4) is 0 Å². The zero-order chi connectivity index (χ0) is 6.53. The lowest BCUT2D eigenvalue weighted by Gasteiger charge is -1.89. The summed E-state index contributed by atoms with van der Waals surface area (Å²) in [7, 11) is 0. The molecule has 1 nitrogen and oxygen atoms in total. The van der Waals surface area contributed by atoms with E-state index >= 15 is 0 Å². The minimum atomic E-state index is 0.855. The third-order valence-electron chi connectivity index (χ3n) is 1.03. The monoisotopic (exact) mass is 118 g/mol. The molecule has 0 saturated heterocycles. The number of aromatic nitrogens is 1. The Morgan fingerprint density at radius 1 is 1.78 bits per heavy atom. The predicted molar refractivity (Wildman–Crippen MR) is 37.0 cm³/mol. The van der Waals surface area contributed by atoms with Crippen molar-refractivity contribution in [2.45, 2.75) is 6.42 Å². The van der Waals surface area contributed by atoms with E-state index in [2.05, 4.69) is 17.8 Å². The maximum absolute atomic E-state index is 3.83. The molecular weight excluding hydrogens is 110 g/mol. The zero-order valence-electron chi connectivity index (χ0n) is 5.17. The first kappa shape index (κ1) is 6.02. The molecule has 0 aliphatic rings. The first-order chi connectivity index (χ1) is 4.43. The lowest BCUT2D eigenvalue weighted by atomic mass is 10.2. The van der Waals surface area contributed by atoms with E-state index in [0.29, 0.717) is 0 Å². The van der Waals surface area contributed by atoms with Crippen molar-refractivity contribution in [2.75, 3.05) is 0 Å². The Morgan fingerprint density at radius 3 is 3.22 bits per heavy atom. The van der Waals surface area contributed by atoms with Gasteiger partial charge in [-0.3, -0.25) is 4.98 Å². The van der Waals surface area contributed by atoms with Crippen LogP contribution in [0.15, 0.2) is 31.0 Å². The molecule has 0 unspecified atom stereocenters. The molecule has 1 aromatic rings. The van der Waals surface area contributed by atoms with Crippen molar-refractivity contribution in [3.05, 3.63) is 42.7 Å². The van der Waals surface area contributed by atoms with Crippen LogP contribution in [-0.4, -0.2) is 4.98 Å². The van der Waals surface area contributed by atoms with Gasteiger partial charge in [-0.2, -0.15) is 0 Å². The summed E-state index contributed by atoms with van der Waals surface area (Å²) in [5.74, 6) is 0. The SMILES string of the molecule is C=CCc1[c]nccc1. The van der Waals surface area contributed by atoms with Crippen LogP contribution < -0.4 is 0 Å². The van der Waals surface area contributed by atoms with E-state index in [4.69, 9.17) is 0 Å². The van der Waals surface area contributed by atoms with E-state index in [-0.39, 0.29) is 0 Å². The molecule has 0 bridgehead atoms. The second-order valence-electron chi connectivity index (χ2n) is 1.77. The number of hydrogen-bond acceptors (Lipinski definition) is 1. The zero-order valence-corrected chi connectivity index (χ0v) is 5.17. The Bertz CT molecular complexity index is 179. The Hall–Kier alpha value is -1.11. The molecule has 0 amide bonds. The average molecular weight is 118 g/mol. The van der Waals surface area contributed by atoms with E-state index in [1.165, 1.54) is 0 Å². The van der Waals surface area contributed by atoms with Crippen LogP contribution in [0.1, 0.15) is 5.56 Å². The van der Waals surface area contributed by atoms with Gasteiger partial charge in [-0.05, 0) is 18.1 Å². The summed E-state index contributed by atoms with van der Waals surface area (Å²) < 4.78 is 0. The second-order valence-corrected chi connectivity index (χ2v) is 1.77. The maximum atomic E-state index is 3.83. The van der Waals surface area contributed by atoms with Gasteiger partial charge in [-0.1, -0.05) is 12.1 Å². The highest BCUT2D eigenvalue weighted by atomic mass is 14.6. The Morgan fingerprint density at radius 2 is 2.67 bits per heavy atom. The van der Waals surface area contributed by atoms with Crippen molar-refractivity contribution < 1.29 is 0 Å². The molecule has 1 aromatic heterocycles. The van der Waals surface area contributed by atoms with E-state index in [0.717, 1.165) is 12.0 Å². The summed E-state index contributed by atoms with van der Waals surface area (Å²) in [6.07, 6.45) is 7.26. The summed E-state index contributed by atoms with van der Waals surface area (Å²) in [5.41, 5.74) is 1.09. The second kappa shape index (κ2) is 3.02. The van der Waals surface area contributed by atoms with Crippen molar-refractivity contribution in [2.24, 2.45) is 0 Å². The van der Waals surface area contributed by atoms with Gasteiger partial charge < -0.3 is 0 Å². The van der Waals surface area contributed by atoms with Crippen LogP contribution in [0.4, 0.5) is 0 Å². The topological polar surface area (TPSA) is 12.9 Å². The van der Waals surface area contributed by atoms with Crippen LogP contribution in [0.2, 0.25) is 0 Å². The smallest absolute Gasteiger partial charge is 0.0924 e. The first-order valence-electron chi connectivity index (χ1n) is 2.86. The normalized spacial score (nSPS) is 8.89. The molecule has 0 N–H and O–H groups in total. The van der Waals surface area contributed by atoms with Crippen molar-refractivity contribution in [1.29, 1.82) is 0 Å². The summed E-state index contributed by atoms with van der Waals surface area (Å²) >= 11 is 0. The van der Waals surface area contributed by atoms with Gasteiger partial charge in [0.05, 0.1) is 6.20 Å². The molecule has 1 rings (SSSR count). The summed E-state index contributed by atoms with van der Waals surface area (Å²) in [6.45, 7) is 3.61. The lowest BCUT2D eigenvalue weighted by Crippen LogP contribution is -1.80. The highest BCUT2D eigenvalue weighted by molar-refractivity contribution is 5.09. The quantitative estimate of drug-likeness (QED) is 0.537. The van der Waals surface area contributed by atoms with E-state index in [1.807, 2.05) is 18.2 Å². The fourth-order valence-electron chi connectivity index (χ4n) is 0.629. The largest absolute Gasteiger partial charge is 0.254 e. The number of pyridine rings is 1. The van der Waals surface area contributed by atoms with Gasteiger partial charge in [-0.25, -0.2) is 0 Å². The van der Waals surface area contributed by atoms with Crippen LogP contribution in [0.5, 0.6) is 0 Å². The molecule has 0 spiro atoms. The molecule has 1 heterocycles. The molecule has 0 aliphatic carbocycles. The van der Waals surface area contributed by atoms with Crippen LogP contribution in [0.3, 0.4) is 0 Å². The molecular formula is C8H8N. The Kier molecular flexibility index (Phi) is 2.02. The van der Waals surface area contributed by atoms with Gasteiger partial charge >= 0.3 is 0 Å². The predicted octanol–water partition coefficient (Wildman–Crippen LogP) is 1.61. The van der Waals surface area contributed by atoms with Gasteiger partial charge in [0, 0.05) is 6.20 Å². The number of allylic oxidation sites excluding steroid dienone is 1. The van der Waals surface area contributed by atoms with Gasteiger partial charge in [0.25, 0.3) is 0 Å². The molecule has 0 atom stereocenters. The van der Waals surface area contributed by atoms with Gasteiger partial charge in [-0.15, -0.1) is 6.58 Å². The third kappa shape index (κ3) is 1.68. The molecule has 0 aromatic carbocycles. The standard InChI is InChI=1S/C8H8N/c1-2-4-8-5-3-6-9-7-8/h2-3,5-6H,1,4H2. The molecule has 0 aliphatic heterocycles. The number of hydrogen-bond donors (Lipinski definition) is 0. The fourth-order valence-corrected chi connectivity index (χ4v) is 0.629. The Balaban J connectivity index is 2.72. The minimum Gasteiger partial charge on any atom is -0.254 e. The average Bonchev–Trinajstić information content (AvgIpc) is 1.91. The third-order valence-corrected chi connectivity index (χ3v) is 1.03. The first-order valence-corrected chi connectivity index (χ1v) is 2.86. The van der Waals surface area contributed by atoms with Gasteiger partial charge in [0.1, 0.15) is 0 Å². The highest BCUT2D eigenvalue weighted by Crippen LogP contribution is 1.94. The van der Waals surface area contributed by atoms with Crippen LogP contribution in [0.25, 0.3) is 0 Å². The Labute approximate surface area is 55.1 Å². The molecule has 45 valence electrons. The van der Waals surface area contributed by atoms with Crippen LogP contribution >= 0.6 is 0 Å². The highest BCUT2D eigenvalue weighted by Gasteiger charge is 1.84. The van der Waals surface area contributed by atoms with Gasteiger partial charge in [0.2, 0.25) is 0 Å². The lowest BCUT2D eigenvalue weighted by molar-refractivity contribution is 1.18. The van der Waals surface area contributed by atoms with Crippen LogP contribution in [-0.2, 0) is 6.42 Å². The number of rotatable bonds is 2.